The van der Waals surface area contributed by atoms with E-state index in [1.54, 1.807) is 0 Å². The number of nitrogens with one attached hydrogen (secondary N) is 3. The number of carbonyl (C=O) groups is 2. The molecule has 0 aromatic carbocycles. The van der Waals surface area contributed by atoms with E-state index in [1.165, 1.54) is 12.5 Å². The van der Waals surface area contributed by atoms with Gasteiger partial charge in [0.05, 0.1) is 6.33 Å². The van der Waals surface area contributed by atoms with Gasteiger partial charge in [0.15, 0.2) is 0 Å². The molecule has 8 heteroatoms. The van der Waals surface area contributed by atoms with Gasteiger partial charge in [0.25, 0.3) is 0 Å². The van der Waals surface area contributed by atoms with Crippen LogP contribution in [-0.4, -0.2) is 52.4 Å². The number of ether oxygens (including phenoxy) is 1. The molecule has 1 aliphatic rings. The Labute approximate surface area is 115 Å². The number of urea groups is 1. The monoisotopic (exact) mass is 282 g/mol. The van der Waals surface area contributed by atoms with Gasteiger partial charge in [0.2, 0.25) is 0 Å². The van der Waals surface area contributed by atoms with E-state index < -0.39 is 18.0 Å². The van der Waals surface area contributed by atoms with Gasteiger partial charge < -0.3 is 25.5 Å². The minimum Gasteiger partial charge on any atom is -0.480 e. The highest BCUT2D eigenvalue weighted by atomic mass is 16.5. The van der Waals surface area contributed by atoms with E-state index in [0.29, 0.717) is 18.9 Å². The van der Waals surface area contributed by atoms with Crippen LogP contribution in [0.3, 0.4) is 0 Å². The molecule has 4 N–H and O–H groups in total. The second-order valence-corrected chi connectivity index (χ2v) is 4.68. The van der Waals surface area contributed by atoms with Crippen molar-refractivity contribution in [1.82, 2.24) is 20.6 Å². The van der Waals surface area contributed by atoms with Crippen molar-refractivity contribution >= 4 is 12.0 Å². The minimum absolute atomic E-state index is 0.0327. The number of hydrogen-bond donors (Lipinski definition) is 4. The van der Waals surface area contributed by atoms with Crippen LogP contribution in [0.4, 0.5) is 4.79 Å². The van der Waals surface area contributed by atoms with E-state index in [-0.39, 0.29) is 12.5 Å². The molecular formula is C12H18N4O4. The molecule has 0 radical (unpaired) electrons. The minimum atomic E-state index is -1.08. The lowest BCUT2D eigenvalue weighted by atomic mass is 10.1. The Morgan fingerprint density at radius 3 is 2.85 bits per heavy atom. The molecule has 1 aliphatic heterocycles. The summed E-state index contributed by atoms with van der Waals surface area (Å²) in [5.41, 5.74) is 0.656. The molecular weight excluding hydrogens is 264 g/mol. The predicted molar refractivity (Wildman–Crippen MR) is 69.2 cm³/mol. The van der Waals surface area contributed by atoms with E-state index >= 15 is 0 Å². The molecule has 1 aromatic rings. The van der Waals surface area contributed by atoms with Crippen molar-refractivity contribution in [1.29, 1.82) is 0 Å². The molecule has 0 aliphatic carbocycles. The lowest BCUT2D eigenvalue weighted by Crippen LogP contribution is -2.50. The quantitative estimate of drug-likeness (QED) is 0.601. The summed E-state index contributed by atoms with van der Waals surface area (Å²) in [4.78, 5) is 29.6. The summed E-state index contributed by atoms with van der Waals surface area (Å²) >= 11 is 0. The number of H-pyrrole nitrogens is 1. The lowest BCUT2D eigenvalue weighted by molar-refractivity contribution is -0.139. The third-order valence-corrected chi connectivity index (χ3v) is 3.14. The fraction of sp³-hybridized carbons (Fsp3) is 0.583. The van der Waals surface area contributed by atoms with Gasteiger partial charge in [-0.3, -0.25) is 0 Å². The maximum absolute atomic E-state index is 11.8. The first kappa shape index (κ1) is 14.3. The lowest BCUT2D eigenvalue weighted by Gasteiger charge is -2.24. The average Bonchev–Trinajstić information content (AvgIpc) is 2.92. The number of amides is 2. The Balaban J connectivity index is 1.83. The number of hydrogen-bond acceptors (Lipinski definition) is 4. The van der Waals surface area contributed by atoms with Crippen LogP contribution in [0, 0.1) is 0 Å². The van der Waals surface area contributed by atoms with Crippen molar-refractivity contribution in [3.05, 3.63) is 18.2 Å². The predicted octanol–water partition coefficient (Wildman–Crippen LogP) is -0.116. The van der Waals surface area contributed by atoms with Crippen molar-refractivity contribution in [2.75, 3.05) is 13.2 Å². The third-order valence-electron chi connectivity index (χ3n) is 3.14. The molecule has 1 atom stereocenters. The molecule has 0 bridgehead atoms. The number of rotatable bonds is 5. The van der Waals surface area contributed by atoms with E-state index in [9.17, 15) is 9.59 Å². The van der Waals surface area contributed by atoms with Crippen LogP contribution in [0.5, 0.6) is 0 Å². The molecule has 1 unspecified atom stereocenters. The van der Waals surface area contributed by atoms with Gasteiger partial charge in [-0.15, -0.1) is 0 Å². The van der Waals surface area contributed by atoms with Gasteiger partial charge in [-0.1, -0.05) is 0 Å². The van der Waals surface area contributed by atoms with Gasteiger partial charge in [-0.25, -0.2) is 14.6 Å². The fourth-order valence-electron chi connectivity index (χ4n) is 2.04. The van der Waals surface area contributed by atoms with Crippen molar-refractivity contribution in [2.45, 2.75) is 31.3 Å². The van der Waals surface area contributed by atoms with Crippen LogP contribution in [0.25, 0.3) is 0 Å². The van der Waals surface area contributed by atoms with Crippen molar-refractivity contribution in [3.63, 3.8) is 0 Å². The molecule has 20 heavy (non-hydrogen) atoms. The number of imidazole rings is 1. The zero-order chi connectivity index (χ0) is 14.4. The van der Waals surface area contributed by atoms with E-state index in [4.69, 9.17) is 9.84 Å². The summed E-state index contributed by atoms with van der Waals surface area (Å²) in [7, 11) is 0. The third kappa shape index (κ3) is 4.23. The number of carboxylic acids is 1. The molecule has 1 aromatic heterocycles. The van der Waals surface area contributed by atoms with Crippen LogP contribution < -0.4 is 10.6 Å². The highest BCUT2D eigenvalue weighted by Crippen LogP contribution is 2.06. The van der Waals surface area contributed by atoms with Gasteiger partial charge in [0.1, 0.15) is 6.04 Å². The number of aromatic amines is 1. The molecule has 2 rings (SSSR count). The highest BCUT2D eigenvalue weighted by Gasteiger charge is 2.23. The number of carboxylic acid groups (broad SMARTS) is 1. The first-order chi connectivity index (χ1) is 9.65. The van der Waals surface area contributed by atoms with Crippen molar-refractivity contribution in [2.24, 2.45) is 0 Å². The Morgan fingerprint density at radius 1 is 1.50 bits per heavy atom. The zero-order valence-corrected chi connectivity index (χ0v) is 11.0. The van der Waals surface area contributed by atoms with Gasteiger partial charge >= 0.3 is 12.0 Å². The van der Waals surface area contributed by atoms with Crippen LogP contribution in [0.2, 0.25) is 0 Å². The van der Waals surface area contributed by atoms with E-state index in [1.807, 2.05) is 0 Å². The summed E-state index contributed by atoms with van der Waals surface area (Å²) in [5.74, 6) is -1.08. The zero-order valence-electron chi connectivity index (χ0n) is 11.0. The Hall–Kier alpha value is -2.09. The standard InChI is InChI=1S/C12H18N4O4/c17-11(18)10(5-9-6-13-7-14-9)16-12(19)15-8-1-3-20-4-2-8/h6-8,10H,1-5H2,(H,13,14)(H,17,18)(H2,15,16,19). The van der Waals surface area contributed by atoms with Gasteiger partial charge in [0, 0.05) is 37.6 Å². The van der Waals surface area contributed by atoms with E-state index in [2.05, 4.69) is 20.6 Å². The van der Waals surface area contributed by atoms with Crippen molar-refractivity contribution < 1.29 is 19.4 Å². The van der Waals surface area contributed by atoms with Crippen LogP contribution in [0.1, 0.15) is 18.5 Å². The largest absolute Gasteiger partial charge is 0.480 e. The summed E-state index contributed by atoms with van der Waals surface area (Å²) < 4.78 is 5.19. The fourth-order valence-corrected chi connectivity index (χ4v) is 2.04. The highest BCUT2D eigenvalue weighted by molar-refractivity contribution is 5.82. The average molecular weight is 282 g/mol. The maximum Gasteiger partial charge on any atom is 0.326 e. The van der Waals surface area contributed by atoms with Gasteiger partial charge in [-0.05, 0) is 12.8 Å². The van der Waals surface area contributed by atoms with Gasteiger partial charge in [-0.2, -0.15) is 0 Å². The normalized spacial score (nSPS) is 17.4. The summed E-state index contributed by atoms with van der Waals surface area (Å²) in [6.07, 6.45) is 4.65. The number of aliphatic carboxylic acids is 1. The van der Waals surface area contributed by atoms with Crippen LogP contribution >= 0.6 is 0 Å². The smallest absolute Gasteiger partial charge is 0.326 e. The number of carbonyl (C=O) groups excluding carboxylic acids is 1. The second-order valence-electron chi connectivity index (χ2n) is 4.68. The Morgan fingerprint density at radius 2 is 2.25 bits per heavy atom. The molecule has 1 fully saturated rings. The number of nitrogens with zero attached hydrogens (tertiary/aromatic N) is 1. The molecule has 2 heterocycles. The molecule has 1 saturated heterocycles. The summed E-state index contributed by atoms with van der Waals surface area (Å²) in [6.45, 7) is 1.23. The molecule has 8 nitrogen and oxygen atoms in total. The SMILES string of the molecule is O=C(NC1CCOCC1)NC(Cc1cnc[nH]1)C(=O)O. The summed E-state index contributed by atoms with van der Waals surface area (Å²) in [5, 5.41) is 14.4. The van der Waals surface area contributed by atoms with Crippen molar-refractivity contribution in [3.8, 4) is 0 Å². The molecule has 2 amide bonds. The van der Waals surface area contributed by atoms with Crippen LogP contribution in [0.15, 0.2) is 12.5 Å². The van der Waals surface area contributed by atoms with Crippen LogP contribution in [-0.2, 0) is 16.0 Å². The van der Waals surface area contributed by atoms with E-state index in [0.717, 1.165) is 12.8 Å². The first-order valence-electron chi connectivity index (χ1n) is 6.50. The first-order valence-corrected chi connectivity index (χ1v) is 6.50. The Kier molecular flexibility index (Phi) is 4.94. The maximum atomic E-state index is 11.8. The number of aromatic nitrogens is 2. The molecule has 0 spiro atoms. The molecule has 0 saturated carbocycles. The second kappa shape index (κ2) is 6.90. The molecule has 110 valence electrons. The summed E-state index contributed by atoms with van der Waals surface area (Å²) in [6, 6.07) is -1.43. The topological polar surface area (TPSA) is 116 Å². The Bertz CT molecular complexity index is 442.